The highest BCUT2D eigenvalue weighted by Gasteiger charge is 2.24. The summed E-state index contributed by atoms with van der Waals surface area (Å²) in [6.07, 6.45) is -0.407. The van der Waals surface area contributed by atoms with Crippen LogP contribution >= 0.6 is 7.60 Å². The minimum atomic E-state index is -3.71. The molecule has 18 heavy (non-hydrogen) atoms. The molecule has 0 saturated carbocycles. The molecule has 8 heteroatoms. The van der Waals surface area contributed by atoms with Crippen LogP contribution in [0, 0.1) is 6.92 Å². The van der Waals surface area contributed by atoms with Gasteiger partial charge in [-0.2, -0.15) is 4.72 Å². The fourth-order valence-corrected chi connectivity index (χ4v) is 3.55. The molecule has 0 aromatic heterocycles. The maximum atomic E-state index is 11.9. The van der Waals surface area contributed by atoms with E-state index >= 15 is 0 Å². The number of aryl methyl sites for hydroxylation is 1. The van der Waals surface area contributed by atoms with Crippen LogP contribution in [0.5, 0.6) is 0 Å². The maximum absolute atomic E-state index is 11.9. The third kappa shape index (κ3) is 3.90. The van der Waals surface area contributed by atoms with Gasteiger partial charge in [0, 0.05) is 14.2 Å². The van der Waals surface area contributed by atoms with Crippen molar-refractivity contribution in [1.29, 1.82) is 0 Å². The Hall–Kier alpha value is -0.720. The quantitative estimate of drug-likeness (QED) is 0.808. The molecular weight excluding hydrogens is 277 g/mol. The van der Waals surface area contributed by atoms with E-state index in [1.54, 1.807) is 12.1 Å². The number of benzene rings is 1. The third-order valence-electron chi connectivity index (χ3n) is 2.34. The number of hydrogen-bond acceptors (Lipinski definition) is 5. The van der Waals surface area contributed by atoms with E-state index in [0.29, 0.717) is 0 Å². The van der Waals surface area contributed by atoms with Gasteiger partial charge in [0.25, 0.3) is 0 Å². The normalized spacial score (nSPS) is 12.6. The Bertz CT molecular complexity index is 532. The number of hydrogen-bond donors (Lipinski definition) is 1. The molecule has 0 amide bonds. The zero-order valence-corrected chi connectivity index (χ0v) is 12.1. The van der Waals surface area contributed by atoms with Crippen molar-refractivity contribution in [3.63, 3.8) is 0 Å². The Morgan fingerprint density at radius 1 is 1.17 bits per heavy atom. The summed E-state index contributed by atoms with van der Waals surface area (Å²) in [5.41, 5.74) is 0.952. The van der Waals surface area contributed by atoms with Crippen LogP contribution in [0.1, 0.15) is 5.56 Å². The number of nitrogens with one attached hydrogen (secondary N) is 1. The van der Waals surface area contributed by atoms with Crippen LogP contribution in [0.4, 0.5) is 0 Å². The van der Waals surface area contributed by atoms with E-state index in [-0.39, 0.29) is 4.90 Å². The van der Waals surface area contributed by atoms with E-state index < -0.39 is 23.9 Å². The molecule has 1 aromatic rings. The highest BCUT2D eigenvalue weighted by molar-refractivity contribution is 7.89. The van der Waals surface area contributed by atoms with Crippen LogP contribution in [0.3, 0.4) is 0 Å². The molecule has 1 rings (SSSR count). The van der Waals surface area contributed by atoms with Gasteiger partial charge in [-0.05, 0) is 19.1 Å². The van der Waals surface area contributed by atoms with Gasteiger partial charge >= 0.3 is 7.60 Å². The molecule has 1 N–H and O–H groups in total. The zero-order valence-electron chi connectivity index (χ0n) is 10.4. The van der Waals surface area contributed by atoms with Gasteiger partial charge in [-0.25, -0.2) is 8.42 Å². The van der Waals surface area contributed by atoms with E-state index in [2.05, 4.69) is 13.8 Å². The van der Waals surface area contributed by atoms with Crippen molar-refractivity contribution in [3.8, 4) is 0 Å². The molecule has 0 bridgehead atoms. The lowest BCUT2D eigenvalue weighted by Crippen LogP contribution is -2.25. The monoisotopic (exact) mass is 293 g/mol. The van der Waals surface area contributed by atoms with E-state index in [1.165, 1.54) is 26.4 Å². The molecule has 0 heterocycles. The van der Waals surface area contributed by atoms with E-state index in [9.17, 15) is 13.0 Å². The predicted molar refractivity (Wildman–Crippen MR) is 68.0 cm³/mol. The summed E-state index contributed by atoms with van der Waals surface area (Å²) in [5, 5.41) is 0. The average Bonchev–Trinajstić information content (AvgIpc) is 2.37. The maximum Gasteiger partial charge on any atom is 0.344 e. The van der Waals surface area contributed by atoms with Crippen LogP contribution in [0.2, 0.25) is 0 Å². The van der Waals surface area contributed by atoms with Gasteiger partial charge in [0.15, 0.2) is 0 Å². The second-order valence-electron chi connectivity index (χ2n) is 3.59. The standard InChI is InChI=1S/C10H16NO5PS/c1-9-4-6-10(7-5-9)18(13,14)11-8-17(12,15-2)16-3/h4-7,11H,8H2,1-3H3. The Kier molecular flexibility index (Phi) is 5.07. The first-order valence-electron chi connectivity index (χ1n) is 5.10. The van der Waals surface area contributed by atoms with Crippen LogP contribution in [-0.4, -0.2) is 28.9 Å². The van der Waals surface area contributed by atoms with Crippen LogP contribution in [0.25, 0.3) is 0 Å². The first-order chi connectivity index (χ1) is 8.33. The minimum Gasteiger partial charge on any atom is -0.311 e. The lowest BCUT2D eigenvalue weighted by atomic mass is 10.2. The highest BCUT2D eigenvalue weighted by Crippen LogP contribution is 2.45. The van der Waals surface area contributed by atoms with Gasteiger partial charge in [-0.1, -0.05) is 17.7 Å². The second-order valence-corrected chi connectivity index (χ2v) is 7.63. The molecular formula is C10H16NO5PS. The van der Waals surface area contributed by atoms with Crippen LogP contribution in [0.15, 0.2) is 29.2 Å². The van der Waals surface area contributed by atoms with Crippen molar-refractivity contribution in [2.45, 2.75) is 11.8 Å². The number of sulfonamides is 1. The predicted octanol–water partition coefficient (Wildman–Crippen LogP) is 1.72. The summed E-state index contributed by atoms with van der Waals surface area (Å²) >= 11 is 0. The topological polar surface area (TPSA) is 81.7 Å². The highest BCUT2D eigenvalue weighted by atomic mass is 32.2. The largest absolute Gasteiger partial charge is 0.344 e. The van der Waals surface area contributed by atoms with Crippen molar-refractivity contribution in [2.75, 3.05) is 20.5 Å². The summed E-state index contributed by atoms with van der Waals surface area (Å²) < 4.78 is 47.0. The SMILES string of the molecule is COP(=O)(CNS(=O)(=O)c1ccc(C)cc1)OC. The Labute approximate surface area is 107 Å². The van der Waals surface area contributed by atoms with E-state index in [4.69, 9.17) is 0 Å². The van der Waals surface area contributed by atoms with Gasteiger partial charge in [-0.3, -0.25) is 4.57 Å². The van der Waals surface area contributed by atoms with Crippen molar-refractivity contribution >= 4 is 17.6 Å². The van der Waals surface area contributed by atoms with Gasteiger partial charge < -0.3 is 9.05 Å². The molecule has 6 nitrogen and oxygen atoms in total. The zero-order chi connectivity index (χ0) is 13.8. The van der Waals surface area contributed by atoms with Gasteiger partial charge in [-0.15, -0.1) is 0 Å². The van der Waals surface area contributed by atoms with Gasteiger partial charge in [0.1, 0.15) is 6.29 Å². The minimum absolute atomic E-state index is 0.104. The molecule has 0 saturated heterocycles. The number of rotatable bonds is 6. The van der Waals surface area contributed by atoms with Crippen molar-refractivity contribution < 1.29 is 22.0 Å². The molecule has 0 aliphatic rings. The van der Waals surface area contributed by atoms with Crippen LogP contribution < -0.4 is 4.72 Å². The summed E-state index contributed by atoms with van der Waals surface area (Å²) in [7, 11) is -4.71. The van der Waals surface area contributed by atoms with Gasteiger partial charge in [0.05, 0.1) is 4.90 Å². The first kappa shape index (κ1) is 15.3. The Balaban J connectivity index is 2.83. The first-order valence-corrected chi connectivity index (χ1v) is 8.31. The lowest BCUT2D eigenvalue weighted by Gasteiger charge is -2.14. The molecule has 0 unspecified atom stereocenters. The average molecular weight is 293 g/mol. The van der Waals surface area contributed by atoms with Crippen molar-refractivity contribution in [3.05, 3.63) is 29.8 Å². The van der Waals surface area contributed by atoms with Crippen molar-refractivity contribution in [1.82, 2.24) is 4.72 Å². The Morgan fingerprint density at radius 3 is 2.11 bits per heavy atom. The molecule has 0 atom stereocenters. The van der Waals surface area contributed by atoms with E-state index in [1.807, 2.05) is 6.92 Å². The van der Waals surface area contributed by atoms with Crippen molar-refractivity contribution in [2.24, 2.45) is 0 Å². The Morgan fingerprint density at radius 2 is 1.67 bits per heavy atom. The second kappa shape index (κ2) is 5.95. The molecule has 0 radical (unpaired) electrons. The summed E-state index contributed by atoms with van der Waals surface area (Å²) in [6, 6.07) is 6.31. The molecule has 0 aliphatic carbocycles. The fourth-order valence-electron chi connectivity index (χ4n) is 1.17. The summed E-state index contributed by atoms with van der Waals surface area (Å²) in [5.74, 6) is 0. The summed E-state index contributed by atoms with van der Waals surface area (Å²) in [4.78, 5) is 0.104. The van der Waals surface area contributed by atoms with E-state index in [0.717, 1.165) is 5.56 Å². The molecule has 102 valence electrons. The summed E-state index contributed by atoms with van der Waals surface area (Å²) in [6.45, 7) is 1.86. The third-order valence-corrected chi connectivity index (χ3v) is 5.63. The lowest BCUT2D eigenvalue weighted by molar-refractivity contribution is 0.275. The molecule has 0 fully saturated rings. The molecule has 0 spiro atoms. The molecule has 1 aromatic carbocycles. The fraction of sp³-hybridized carbons (Fsp3) is 0.400. The van der Waals surface area contributed by atoms with Crippen LogP contribution in [-0.2, 0) is 23.6 Å². The van der Waals surface area contributed by atoms with Gasteiger partial charge in [0.2, 0.25) is 10.0 Å². The molecule has 0 aliphatic heterocycles. The smallest absolute Gasteiger partial charge is 0.311 e.